The highest BCUT2D eigenvalue weighted by Crippen LogP contribution is 2.44. The van der Waals surface area contributed by atoms with Gasteiger partial charge < -0.3 is 14.4 Å². The van der Waals surface area contributed by atoms with Crippen LogP contribution >= 0.6 is 0 Å². The van der Waals surface area contributed by atoms with Gasteiger partial charge in [0.1, 0.15) is 23.7 Å². The summed E-state index contributed by atoms with van der Waals surface area (Å²) < 4.78 is 25.8. The Kier molecular flexibility index (Phi) is 5.47. The number of ether oxygens (including phenoxy) is 2. The molecule has 4 aliphatic rings. The smallest absolute Gasteiger partial charge is 0.169 e. The van der Waals surface area contributed by atoms with E-state index in [9.17, 15) is 14.4 Å². The first kappa shape index (κ1) is 20.2. The van der Waals surface area contributed by atoms with Gasteiger partial charge >= 0.3 is 0 Å². The van der Waals surface area contributed by atoms with Gasteiger partial charge in [-0.05, 0) is 67.0 Å². The van der Waals surface area contributed by atoms with E-state index in [-0.39, 0.29) is 30.2 Å². The lowest BCUT2D eigenvalue weighted by molar-refractivity contribution is -0.130. The number of ketones is 1. The maximum Gasteiger partial charge on any atom is 0.169 e. The van der Waals surface area contributed by atoms with Gasteiger partial charge in [-0.2, -0.15) is 5.26 Å². The van der Waals surface area contributed by atoms with Gasteiger partial charge in [-0.25, -0.2) is 4.39 Å². The number of allylic oxidation sites excluding steroid dienone is 4. The number of carbonyl (C=O) groups is 1. The van der Waals surface area contributed by atoms with Crippen LogP contribution in [0.1, 0.15) is 44.1 Å². The molecular weight excluding hydrogens is 395 g/mol. The summed E-state index contributed by atoms with van der Waals surface area (Å²) in [6, 6.07) is 8.90. The predicted octanol–water partition coefficient (Wildman–Crippen LogP) is 4.28. The first-order valence-corrected chi connectivity index (χ1v) is 11.0. The third-order valence-electron chi connectivity index (χ3n) is 6.30. The molecule has 0 bridgehead atoms. The van der Waals surface area contributed by atoms with Crippen LogP contribution in [-0.4, -0.2) is 42.1 Å². The number of nitriles is 1. The quantitative estimate of drug-likeness (QED) is 0.712. The van der Waals surface area contributed by atoms with Crippen molar-refractivity contribution in [3.05, 3.63) is 64.8 Å². The summed E-state index contributed by atoms with van der Waals surface area (Å²) in [5.41, 5.74) is 3.49. The van der Waals surface area contributed by atoms with Crippen molar-refractivity contribution in [1.29, 1.82) is 5.26 Å². The van der Waals surface area contributed by atoms with Crippen LogP contribution in [0.3, 0.4) is 0 Å². The number of hydrogen-bond donors (Lipinski definition) is 0. The van der Waals surface area contributed by atoms with Crippen molar-refractivity contribution in [2.24, 2.45) is 0 Å². The minimum Gasteiger partial charge on any atom is -0.376 e. The molecule has 2 heterocycles. The molecule has 2 fully saturated rings. The van der Waals surface area contributed by atoms with E-state index < -0.39 is 6.10 Å². The molecule has 0 spiro atoms. The highest BCUT2D eigenvalue weighted by atomic mass is 19.1. The Morgan fingerprint density at radius 3 is 2.84 bits per heavy atom. The average Bonchev–Trinajstić information content (AvgIpc) is 3.62. The number of hydrogen-bond acceptors (Lipinski definition) is 5. The number of halogens is 1. The molecule has 1 aromatic rings. The summed E-state index contributed by atoms with van der Waals surface area (Å²) in [7, 11) is 0. The molecule has 31 heavy (non-hydrogen) atoms. The molecule has 6 heteroatoms. The van der Waals surface area contributed by atoms with Crippen LogP contribution < -0.4 is 0 Å². The van der Waals surface area contributed by atoms with E-state index in [1.807, 2.05) is 23.2 Å². The minimum atomic E-state index is -0.686. The molecule has 2 aliphatic carbocycles. The molecule has 1 saturated carbocycles. The summed E-state index contributed by atoms with van der Waals surface area (Å²) in [6.45, 7) is 1.10. The molecule has 2 unspecified atom stereocenters. The first-order valence-electron chi connectivity index (χ1n) is 11.0. The van der Waals surface area contributed by atoms with Crippen molar-refractivity contribution in [3.8, 4) is 6.07 Å². The van der Waals surface area contributed by atoms with Gasteiger partial charge in [0.25, 0.3) is 0 Å². The number of fused-ring (bicyclic) bond motifs is 1. The monoisotopic (exact) mass is 420 g/mol. The number of carbonyl (C=O) groups excluding carboxylic acids is 1. The fourth-order valence-corrected chi connectivity index (χ4v) is 4.56. The lowest BCUT2D eigenvalue weighted by atomic mass is 9.81. The molecule has 2 atom stereocenters. The van der Waals surface area contributed by atoms with Crippen LogP contribution in [0.15, 0.2) is 53.4 Å². The molecule has 160 valence electrons. The Labute approximate surface area is 181 Å². The third kappa shape index (κ3) is 4.08. The van der Waals surface area contributed by atoms with Gasteiger partial charge in [-0.3, -0.25) is 4.79 Å². The summed E-state index contributed by atoms with van der Waals surface area (Å²) >= 11 is 0. The van der Waals surface area contributed by atoms with Crippen LogP contribution in [0.2, 0.25) is 0 Å². The summed E-state index contributed by atoms with van der Waals surface area (Å²) in [4.78, 5) is 14.8. The Hall–Kier alpha value is -2.75. The second-order valence-electron chi connectivity index (χ2n) is 8.60. The molecule has 1 saturated heterocycles. The summed E-state index contributed by atoms with van der Waals surface area (Å²) in [5, 5.41) is 10.0. The van der Waals surface area contributed by atoms with Gasteiger partial charge in [0, 0.05) is 30.8 Å². The maximum absolute atomic E-state index is 14.1. The highest BCUT2D eigenvalue weighted by molar-refractivity contribution is 5.98. The maximum atomic E-state index is 14.1. The Morgan fingerprint density at radius 2 is 2.13 bits per heavy atom. The molecule has 5 rings (SSSR count). The second kappa shape index (κ2) is 8.41. The van der Waals surface area contributed by atoms with Gasteiger partial charge in [-0.1, -0.05) is 12.1 Å². The standard InChI is InChI=1S/C25H25FN2O3/c26-18-5-3-4-16(10-18)25-21-12-24(31-15-20-6-1-2-9-30-20)23(29)11-17(21)14-28(19-7-8-19)22(25)13-27/h3-5,10,12,14,19-20,24H,1-2,6-9,11,15H2. The lowest BCUT2D eigenvalue weighted by Crippen LogP contribution is -2.34. The number of Topliss-reactive ketones (excluding diaryl/α,β-unsaturated/α-hetero) is 1. The Morgan fingerprint density at radius 1 is 1.26 bits per heavy atom. The van der Waals surface area contributed by atoms with E-state index in [1.165, 1.54) is 12.1 Å². The fourth-order valence-electron chi connectivity index (χ4n) is 4.56. The molecule has 0 N–H and O–H groups in total. The molecule has 5 nitrogen and oxygen atoms in total. The molecule has 2 aliphatic heterocycles. The Balaban J connectivity index is 1.51. The normalized spacial score (nSPS) is 26.2. The first-order chi connectivity index (χ1) is 15.1. The van der Waals surface area contributed by atoms with E-state index in [0.29, 0.717) is 23.4 Å². The molecule has 0 amide bonds. The van der Waals surface area contributed by atoms with Crippen LogP contribution in [-0.2, 0) is 14.3 Å². The van der Waals surface area contributed by atoms with Crippen molar-refractivity contribution in [3.63, 3.8) is 0 Å². The third-order valence-corrected chi connectivity index (χ3v) is 6.30. The highest BCUT2D eigenvalue weighted by Gasteiger charge is 2.38. The van der Waals surface area contributed by atoms with Crippen LogP contribution in [0.25, 0.3) is 5.57 Å². The lowest BCUT2D eigenvalue weighted by Gasteiger charge is -2.34. The molecule has 0 radical (unpaired) electrons. The van der Waals surface area contributed by atoms with Gasteiger partial charge in [0.15, 0.2) is 5.78 Å². The molecular formula is C25H25FN2O3. The van der Waals surface area contributed by atoms with Crippen molar-refractivity contribution in [2.45, 2.75) is 56.8 Å². The SMILES string of the molecule is N#CC1=C(c2cccc(F)c2)C2=CC(OCC3CCCCO3)C(=O)CC2=CN1C1CC1. The van der Waals surface area contributed by atoms with E-state index >= 15 is 0 Å². The van der Waals surface area contributed by atoms with Crippen molar-refractivity contribution in [2.75, 3.05) is 13.2 Å². The zero-order valence-corrected chi connectivity index (χ0v) is 17.4. The summed E-state index contributed by atoms with van der Waals surface area (Å²) in [5.74, 6) is -0.355. The van der Waals surface area contributed by atoms with E-state index in [0.717, 1.165) is 49.9 Å². The van der Waals surface area contributed by atoms with Crippen molar-refractivity contribution in [1.82, 2.24) is 4.90 Å². The van der Waals surface area contributed by atoms with Crippen LogP contribution in [0.5, 0.6) is 0 Å². The zero-order valence-electron chi connectivity index (χ0n) is 17.4. The van der Waals surface area contributed by atoms with Gasteiger partial charge in [0.05, 0.1) is 12.7 Å². The van der Waals surface area contributed by atoms with Gasteiger partial charge in [-0.15, -0.1) is 0 Å². The number of rotatable bonds is 5. The zero-order chi connectivity index (χ0) is 21.4. The second-order valence-corrected chi connectivity index (χ2v) is 8.60. The fraction of sp³-hybridized carbons (Fsp3) is 0.440. The van der Waals surface area contributed by atoms with E-state index in [4.69, 9.17) is 9.47 Å². The van der Waals surface area contributed by atoms with Crippen LogP contribution in [0.4, 0.5) is 4.39 Å². The van der Waals surface area contributed by atoms with Gasteiger partial charge in [0.2, 0.25) is 0 Å². The predicted molar refractivity (Wildman–Crippen MR) is 113 cm³/mol. The topological polar surface area (TPSA) is 62.6 Å². The molecule has 1 aromatic carbocycles. The van der Waals surface area contributed by atoms with Crippen molar-refractivity contribution < 1.29 is 18.7 Å². The van der Waals surface area contributed by atoms with E-state index in [2.05, 4.69) is 6.07 Å². The summed E-state index contributed by atoms with van der Waals surface area (Å²) in [6.07, 6.45) is 8.43. The molecule has 0 aromatic heterocycles. The average molecular weight is 420 g/mol. The minimum absolute atomic E-state index is 0.000515. The Bertz CT molecular complexity index is 1030. The van der Waals surface area contributed by atoms with Crippen molar-refractivity contribution >= 4 is 11.4 Å². The number of benzene rings is 1. The van der Waals surface area contributed by atoms with Crippen LogP contribution in [0, 0.1) is 17.1 Å². The largest absolute Gasteiger partial charge is 0.376 e. The van der Waals surface area contributed by atoms with E-state index in [1.54, 1.807) is 6.07 Å². The number of nitrogens with zero attached hydrogens (tertiary/aromatic N) is 2.